The second-order valence-corrected chi connectivity index (χ2v) is 5.12. The van der Waals surface area contributed by atoms with Crippen LogP contribution in [-0.2, 0) is 6.54 Å². The van der Waals surface area contributed by atoms with Gasteiger partial charge in [0.2, 0.25) is 0 Å². The highest BCUT2D eigenvalue weighted by Gasteiger charge is 2.18. The number of rotatable bonds is 1. The van der Waals surface area contributed by atoms with Crippen LogP contribution in [0, 0.1) is 0 Å². The van der Waals surface area contributed by atoms with E-state index >= 15 is 0 Å². The van der Waals surface area contributed by atoms with Crippen molar-refractivity contribution in [2.45, 2.75) is 18.0 Å². The molecule has 3 nitrogen and oxygen atoms in total. The summed E-state index contributed by atoms with van der Waals surface area (Å²) in [6, 6.07) is 7.33. The maximum absolute atomic E-state index is 12.3. The third-order valence-electron chi connectivity index (χ3n) is 3.05. The molecular formula is C13H11NO2S. The van der Waals surface area contributed by atoms with E-state index in [-0.39, 0.29) is 5.56 Å². The van der Waals surface area contributed by atoms with E-state index in [2.05, 4.69) is 0 Å². The van der Waals surface area contributed by atoms with Gasteiger partial charge in [0.25, 0.3) is 5.56 Å². The van der Waals surface area contributed by atoms with Crippen LogP contribution in [0.4, 0.5) is 0 Å². The average Bonchev–Trinajstić information content (AvgIpc) is 2.40. The number of fused-ring (bicyclic) bond motifs is 2. The Hall–Kier alpha value is -1.55. The van der Waals surface area contributed by atoms with Crippen LogP contribution in [-0.4, -0.2) is 16.6 Å². The number of thioether (sulfide) groups is 1. The first-order valence-corrected chi connectivity index (χ1v) is 6.55. The molecule has 0 N–H and O–H groups in total. The van der Waals surface area contributed by atoms with Crippen molar-refractivity contribution in [2.24, 2.45) is 0 Å². The van der Waals surface area contributed by atoms with Crippen molar-refractivity contribution in [1.82, 2.24) is 4.57 Å². The molecule has 4 heteroatoms. The van der Waals surface area contributed by atoms with Crippen molar-refractivity contribution < 1.29 is 4.79 Å². The van der Waals surface area contributed by atoms with E-state index < -0.39 is 0 Å². The molecule has 0 aliphatic carbocycles. The lowest BCUT2D eigenvalue weighted by atomic mass is 10.1. The summed E-state index contributed by atoms with van der Waals surface area (Å²) >= 11 is 1.60. The summed E-state index contributed by atoms with van der Waals surface area (Å²) in [6.07, 6.45) is 1.85. The van der Waals surface area contributed by atoms with Crippen molar-refractivity contribution >= 4 is 28.8 Å². The van der Waals surface area contributed by atoms with Gasteiger partial charge < -0.3 is 4.57 Å². The minimum atomic E-state index is 0.0217. The van der Waals surface area contributed by atoms with Crippen molar-refractivity contribution in [2.75, 3.05) is 5.75 Å². The van der Waals surface area contributed by atoms with Gasteiger partial charge in [-0.1, -0.05) is 18.2 Å². The number of pyridine rings is 1. The average molecular weight is 245 g/mol. The molecular weight excluding hydrogens is 234 g/mol. The molecule has 2 heterocycles. The van der Waals surface area contributed by atoms with E-state index in [9.17, 15) is 9.59 Å². The van der Waals surface area contributed by atoms with Gasteiger partial charge in [0.1, 0.15) is 0 Å². The quantitative estimate of drug-likeness (QED) is 0.724. The largest absolute Gasteiger partial charge is 0.302 e. The number of hydrogen-bond acceptors (Lipinski definition) is 3. The van der Waals surface area contributed by atoms with Gasteiger partial charge in [-0.25, -0.2) is 0 Å². The number of aromatic nitrogens is 1. The summed E-state index contributed by atoms with van der Waals surface area (Å²) in [4.78, 5) is 23.5. The summed E-state index contributed by atoms with van der Waals surface area (Å²) in [6.45, 7) is 0.715. The number of carbonyl (C=O) groups is 1. The van der Waals surface area contributed by atoms with Crippen LogP contribution in [0.3, 0.4) is 0 Å². The minimum Gasteiger partial charge on any atom is -0.302 e. The highest BCUT2D eigenvalue weighted by Crippen LogP contribution is 2.29. The highest BCUT2D eigenvalue weighted by atomic mass is 32.2. The number of aldehydes is 1. The monoisotopic (exact) mass is 245 g/mol. The zero-order chi connectivity index (χ0) is 11.8. The Labute approximate surface area is 102 Å². The molecule has 0 bridgehead atoms. The van der Waals surface area contributed by atoms with Gasteiger partial charge in [0, 0.05) is 23.1 Å². The molecule has 17 heavy (non-hydrogen) atoms. The minimum absolute atomic E-state index is 0.0217. The molecule has 1 aromatic heterocycles. The lowest BCUT2D eigenvalue weighted by Crippen LogP contribution is -2.26. The maximum Gasteiger partial charge on any atom is 0.259 e. The summed E-state index contributed by atoms with van der Waals surface area (Å²) in [5, 5.41) is 2.24. The Morgan fingerprint density at radius 3 is 2.76 bits per heavy atom. The first kappa shape index (κ1) is 10.6. The van der Waals surface area contributed by atoms with Crippen molar-refractivity contribution in [3.8, 4) is 0 Å². The Balaban J connectivity index is 2.51. The predicted molar refractivity (Wildman–Crippen MR) is 68.9 cm³/mol. The van der Waals surface area contributed by atoms with Gasteiger partial charge in [-0.3, -0.25) is 9.59 Å². The topological polar surface area (TPSA) is 39.1 Å². The third kappa shape index (κ3) is 1.52. The van der Waals surface area contributed by atoms with Crippen LogP contribution in [0.5, 0.6) is 0 Å². The van der Waals surface area contributed by atoms with Gasteiger partial charge in [0.05, 0.1) is 10.6 Å². The Morgan fingerprint density at radius 1 is 1.24 bits per heavy atom. The lowest BCUT2D eigenvalue weighted by molar-refractivity contribution is 0.112. The van der Waals surface area contributed by atoms with E-state index in [1.165, 1.54) is 0 Å². The van der Waals surface area contributed by atoms with Gasteiger partial charge >= 0.3 is 0 Å². The molecule has 1 aliphatic heterocycles. The normalized spacial score (nSPS) is 14.6. The fourth-order valence-corrected chi connectivity index (χ4v) is 3.38. The number of benzene rings is 1. The molecule has 0 fully saturated rings. The van der Waals surface area contributed by atoms with E-state index in [0.717, 1.165) is 28.9 Å². The van der Waals surface area contributed by atoms with Crippen molar-refractivity contribution in [1.29, 1.82) is 0 Å². The van der Waals surface area contributed by atoms with Crippen LogP contribution >= 0.6 is 11.8 Å². The van der Waals surface area contributed by atoms with E-state index in [4.69, 9.17) is 0 Å². The Kier molecular flexibility index (Phi) is 2.52. The second kappa shape index (κ2) is 4.04. The fraction of sp³-hybridized carbons (Fsp3) is 0.231. The molecule has 3 rings (SSSR count). The van der Waals surface area contributed by atoms with Gasteiger partial charge in [-0.2, -0.15) is 0 Å². The predicted octanol–water partition coefficient (Wildman–Crippen LogP) is 2.31. The first-order chi connectivity index (χ1) is 8.33. The molecule has 1 aliphatic rings. The van der Waals surface area contributed by atoms with Crippen LogP contribution in [0.25, 0.3) is 10.8 Å². The smallest absolute Gasteiger partial charge is 0.259 e. The molecule has 0 unspecified atom stereocenters. The second-order valence-electron chi connectivity index (χ2n) is 4.04. The maximum atomic E-state index is 12.3. The highest BCUT2D eigenvalue weighted by molar-refractivity contribution is 7.99. The molecule has 0 saturated heterocycles. The number of hydrogen-bond donors (Lipinski definition) is 0. The van der Waals surface area contributed by atoms with Crippen molar-refractivity contribution in [3.05, 3.63) is 40.2 Å². The summed E-state index contributed by atoms with van der Waals surface area (Å²) in [5.41, 5.74) is 0.679. The number of nitrogens with zero attached hydrogens (tertiary/aromatic N) is 1. The molecule has 0 amide bonds. The van der Waals surface area contributed by atoms with Gasteiger partial charge in [0.15, 0.2) is 6.29 Å². The van der Waals surface area contributed by atoms with Gasteiger partial charge in [-0.05, 0) is 12.5 Å². The van der Waals surface area contributed by atoms with Crippen LogP contribution in [0.1, 0.15) is 16.8 Å². The van der Waals surface area contributed by atoms with E-state index in [0.29, 0.717) is 17.5 Å². The Bertz CT molecular complexity index is 660. The molecule has 0 spiro atoms. The zero-order valence-corrected chi connectivity index (χ0v) is 10.00. The lowest BCUT2D eigenvalue weighted by Gasteiger charge is -2.20. The van der Waals surface area contributed by atoms with Crippen LogP contribution < -0.4 is 5.56 Å². The van der Waals surface area contributed by atoms with Gasteiger partial charge in [-0.15, -0.1) is 11.8 Å². The van der Waals surface area contributed by atoms with E-state index in [1.54, 1.807) is 22.4 Å². The SMILES string of the molecule is O=Cc1c2n(c(=O)c3ccccc13)CCCS2. The third-order valence-corrected chi connectivity index (χ3v) is 4.26. The molecule has 1 aromatic carbocycles. The first-order valence-electron chi connectivity index (χ1n) is 5.56. The molecule has 0 atom stereocenters. The molecule has 0 saturated carbocycles. The molecule has 86 valence electrons. The Morgan fingerprint density at radius 2 is 2.00 bits per heavy atom. The molecule has 0 radical (unpaired) electrons. The molecule has 2 aromatic rings. The van der Waals surface area contributed by atoms with E-state index in [1.807, 2.05) is 18.2 Å². The van der Waals surface area contributed by atoms with Crippen LogP contribution in [0.15, 0.2) is 34.1 Å². The van der Waals surface area contributed by atoms with Crippen molar-refractivity contribution in [3.63, 3.8) is 0 Å². The summed E-state index contributed by atoms with van der Waals surface area (Å²) in [7, 11) is 0. The fourth-order valence-electron chi connectivity index (χ4n) is 2.27. The number of carbonyl (C=O) groups excluding carboxylic acids is 1. The van der Waals surface area contributed by atoms with Crippen LogP contribution in [0.2, 0.25) is 0 Å². The summed E-state index contributed by atoms with van der Waals surface area (Å²) in [5.74, 6) is 0.971. The zero-order valence-electron chi connectivity index (χ0n) is 9.18. The standard InChI is InChI=1S/C13H11NO2S/c15-8-11-9-4-1-2-5-10(9)12(16)14-6-3-7-17-13(11)14/h1-2,4-5,8H,3,6-7H2. The summed E-state index contributed by atoms with van der Waals surface area (Å²) < 4.78 is 1.74.